The van der Waals surface area contributed by atoms with E-state index < -0.39 is 0 Å². The minimum atomic E-state index is -0.377. The largest absolute Gasteiger partial charge is 0.350 e. The average Bonchev–Trinajstić information content (AvgIpc) is 3.35. The SMILES string of the molecule is O=C(NCc1ccccc1)[C@@H]1CSCN1C(=O)c1cc2c(s1)CCC2. The first-order valence-electron chi connectivity index (χ1n) is 8.54. The maximum absolute atomic E-state index is 12.9. The number of rotatable bonds is 4. The van der Waals surface area contributed by atoms with Crippen molar-refractivity contribution in [2.75, 3.05) is 11.6 Å². The molecule has 2 aliphatic rings. The van der Waals surface area contributed by atoms with Gasteiger partial charge in [-0.25, -0.2) is 0 Å². The standard InChI is InChI=1S/C19H20N2O2S2/c22-18(20-10-13-5-2-1-3-6-13)15-11-24-12-21(15)19(23)17-9-14-7-4-8-16(14)25-17/h1-3,5-6,9,15H,4,7-8,10-12H2,(H,20,22)/t15-/m0/s1. The van der Waals surface area contributed by atoms with Crippen molar-refractivity contribution in [3.63, 3.8) is 0 Å². The minimum absolute atomic E-state index is 0.00395. The van der Waals surface area contributed by atoms with Crippen LogP contribution in [0.3, 0.4) is 0 Å². The summed E-state index contributed by atoms with van der Waals surface area (Å²) in [4.78, 5) is 29.3. The van der Waals surface area contributed by atoms with Gasteiger partial charge in [0, 0.05) is 17.2 Å². The summed E-state index contributed by atoms with van der Waals surface area (Å²) in [6, 6.07) is 11.5. The van der Waals surface area contributed by atoms with E-state index in [9.17, 15) is 9.59 Å². The highest BCUT2D eigenvalue weighted by atomic mass is 32.2. The van der Waals surface area contributed by atoms with E-state index in [1.165, 1.54) is 16.9 Å². The summed E-state index contributed by atoms with van der Waals surface area (Å²) in [5.74, 6) is 1.19. The summed E-state index contributed by atoms with van der Waals surface area (Å²) in [6.45, 7) is 0.496. The third-order valence-corrected chi connectivity index (χ3v) is 6.95. The van der Waals surface area contributed by atoms with Crippen LogP contribution >= 0.6 is 23.1 Å². The smallest absolute Gasteiger partial charge is 0.265 e. The number of nitrogens with one attached hydrogen (secondary N) is 1. The summed E-state index contributed by atoms with van der Waals surface area (Å²) in [5.41, 5.74) is 2.39. The van der Waals surface area contributed by atoms with Gasteiger partial charge in [0.05, 0.1) is 10.8 Å². The molecule has 4 rings (SSSR count). The summed E-state index contributed by atoms with van der Waals surface area (Å²) in [6.07, 6.45) is 3.36. The van der Waals surface area contributed by atoms with Crippen molar-refractivity contribution in [1.82, 2.24) is 10.2 Å². The molecule has 0 spiro atoms. The van der Waals surface area contributed by atoms with Gasteiger partial charge in [-0.05, 0) is 36.5 Å². The van der Waals surface area contributed by atoms with E-state index in [1.54, 1.807) is 28.0 Å². The molecule has 2 aromatic rings. The van der Waals surface area contributed by atoms with E-state index in [4.69, 9.17) is 0 Å². The van der Waals surface area contributed by atoms with Gasteiger partial charge in [0.2, 0.25) is 5.91 Å². The van der Waals surface area contributed by atoms with Gasteiger partial charge in [0.25, 0.3) is 5.91 Å². The Labute approximate surface area is 155 Å². The Kier molecular flexibility index (Phi) is 4.81. The van der Waals surface area contributed by atoms with Gasteiger partial charge >= 0.3 is 0 Å². The third kappa shape index (κ3) is 3.46. The molecule has 1 fully saturated rings. The fourth-order valence-electron chi connectivity index (χ4n) is 3.34. The highest BCUT2D eigenvalue weighted by Gasteiger charge is 2.36. The van der Waals surface area contributed by atoms with Crippen LogP contribution in [-0.4, -0.2) is 34.4 Å². The Morgan fingerprint density at radius 1 is 1.20 bits per heavy atom. The second-order valence-electron chi connectivity index (χ2n) is 6.41. The first-order chi connectivity index (χ1) is 12.2. The van der Waals surface area contributed by atoms with Crippen molar-refractivity contribution in [2.24, 2.45) is 0 Å². The quantitative estimate of drug-likeness (QED) is 0.897. The van der Waals surface area contributed by atoms with Crippen molar-refractivity contribution < 1.29 is 9.59 Å². The number of thiophene rings is 1. The number of nitrogens with zero attached hydrogens (tertiary/aromatic N) is 1. The van der Waals surface area contributed by atoms with Crippen molar-refractivity contribution in [3.05, 3.63) is 57.3 Å². The van der Waals surface area contributed by atoms with Crippen molar-refractivity contribution >= 4 is 34.9 Å². The molecule has 2 amide bonds. The lowest BCUT2D eigenvalue weighted by atomic mass is 10.2. The molecule has 1 saturated heterocycles. The number of benzene rings is 1. The fourth-order valence-corrected chi connectivity index (χ4v) is 5.70. The molecule has 0 radical (unpaired) electrons. The molecule has 25 heavy (non-hydrogen) atoms. The van der Waals surface area contributed by atoms with Gasteiger partial charge in [-0.15, -0.1) is 23.1 Å². The molecule has 1 aliphatic carbocycles. The van der Waals surface area contributed by atoms with Crippen molar-refractivity contribution in [3.8, 4) is 0 Å². The Balaban J connectivity index is 1.42. The Hall–Kier alpha value is -1.79. The Morgan fingerprint density at radius 3 is 2.84 bits per heavy atom. The number of fused-ring (bicyclic) bond motifs is 1. The molecule has 2 heterocycles. The molecule has 1 N–H and O–H groups in total. The van der Waals surface area contributed by atoms with E-state index in [-0.39, 0.29) is 17.9 Å². The lowest BCUT2D eigenvalue weighted by Crippen LogP contribution is -2.46. The number of carbonyl (C=O) groups is 2. The molecule has 1 aliphatic heterocycles. The highest BCUT2D eigenvalue weighted by Crippen LogP contribution is 2.33. The van der Waals surface area contributed by atoms with Crippen LogP contribution < -0.4 is 5.32 Å². The van der Waals surface area contributed by atoms with Crippen LogP contribution in [0.1, 0.15) is 32.1 Å². The van der Waals surface area contributed by atoms with Crippen LogP contribution in [-0.2, 0) is 24.2 Å². The van der Waals surface area contributed by atoms with E-state index >= 15 is 0 Å². The Bertz CT molecular complexity index is 766. The topological polar surface area (TPSA) is 49.4 Å². The maximum atomic E-state index is 12.9. The molecular weight excluding hydrogens is 352 g/mol. The second-order valence-corrected chi connectivity index (χ2v) is 8.54. The minimum Gasteiger partial charge on any atom is -0.350 e. The van der Waals surface area contributed by atoms with Crippen molar-refractivity contribution in [2.45, 2.75) is 31.8 Å². The number of hydrogen-bond acceptors (Lipinski definition) is 4. The molecule has 1 atom stereocenters. The molecule has 0 bridgehead atoms. The van der Waals surface area contributed by atoms with Gasteiger partial charge in [0.1, 0.15) is 6.04 Å². The number of amides is 2. The normalized spacial score (nSPS) is 19.0. The van der Waals surface area contributed by atoms with Crippen LogP contribution in [0.15, 0.2) is 36.4 Å². The van der Waals surface area contributed by atoms with Crippen LogP contribution in [0.5, 0.6) is 0 Å². The van der Waals surface area contributed by atoms with E-state index in [0.717, 1.165) is 23.3 Å². The van der Waals surface area contributed by atoms with Gasteiger partial charge in [-0.2, -0.15) is 0 Å². The number of aryl methyl sites for hydroxylation is 2. The zero-order chi connectivity index (χ0) is 17.2. The Morgan fingerprint density at radius 2 is 2.04 bits per heavy atom. The van der Waals surface area contributed by atoms with Gasteiger partial charge in [-0.1, -0.05) is 30.3 Å². The molecular formula is C19H20N2O2S2. The summed E-state index contributed by atoms with van der Waals surface area (Å²) in [5, 5.41) is 2.97. The van der Waals surface area contributed by atoms with Crippen molar-refractivity contribution in [1.29, 1.82) is 0 Å². The maximum Gasteiger partial charge on any atom is 0.265 e. The van der Waals surface area contributed by atoms with E-state index in [0.29, 0.717) is 18.2 Å². The zero-order valence-electron chi connectivity index (χ0n) is 13.9. The predicted molar refractivity (Wildman–Crippen MR) is 102 cm³/mol. The monoisotopic (exact) mass is 372 g/mol. The molecule has 0 unspecified atom stereocenters. The van der Waals surface area contributed by atoms with Gasteiger partial charge in [0.15, 0.2) is 0 Å². The number of carbonyl (C=O) groups excluding carboxylic acids is 2. The number of hydrogen-bond donors (Lipinski definition) is 1. The van der Waals surface area contributed by atoms with Gasteiger partial charge < -0.3 is 10.2 Å². The summed E-state index contributed by atoms with van der Waals surface area (Å²) < 4.78 is 0. The van der Waals surface area contributed by atoms with Gasteiger partial charge in [-0.3, -0.25) is 9.59 Å². The first-order valence-corrected chi connectivity index (χ1v) is 10.5. The van der Waals surface area contributed by atoms with E-state index in [1.807, 2.05) is 36.4 Å². The molecule has 1 aromatic heterocycles. The molecule has 0 saturated carbocycles. The fraction of sp³-hybridized carbons (Fsp3) is 0.368. The summed E-state index contributed by atoms with van der Waals surface area (Å²) in [7, 11) is 0. The summed E-state index contributed by atoms with van der Waals surface area (Å²) >= 11 is 3.25. The predicted octanol–water partition coefficient (Wildman–Crippen LogP) is 3.07. The van der Waals surface area contributed by atoms with Crippen LogP contribution in [0.2, 0.25) is 0 Å². The molecule has 4 nitrogen and oxygen atoms in total. The molecule has 130 valence electrons. The van der Waals surface area contributed by atoms with Crippen LogP contribution in [0.4, 0.5) is 0 Å². The first kappa shape index (κ1) is 16.7. The third-order valence-electron chi connectivity index (χ3n) is 4.71. The van der Waals surface area contributed by atoms with E-state index in [2.05, 4.69) is 5.32 Å². The molecule has 1 aromatic carbocycles. The average molecular weight is 373 g/mol. The van der Waals surface area contributed by atoms with Crippen LogP contribution in [0, 0.1) is 0 Å². The molecule has 6 heteroatoms. The lowest BCUT2D eigenvalue weighted by Gasteiger charge is -2.22. The lowest BCUT2D eigenvalue weighted by molar-refractivity contribution is -0.124. The highest BCUT2D eigenvalue weighted by molar-refractivity contribution is 7.99. The van der Waals surface area contributed by atoms with Crippen LogP contribution in [0.25, 0.3) is 0 Å². The zero-order valence-corrected chi connectivity index (χ0v) is 15.5. The number of thioether (sulfide) groups is 1. The second kappa shape index (κ2) is 7.22.